The molecule has 0 atom stereocenters. The molecule has 0 spiro atoms. The Balaban J connectivity index is 2.07. The highest BCUT2D eigenvalue weighted by molar-refractivity contribution is 9.13. The van der Waals surface area contributed by atoms with Crippen LogP contribution in [0.25, 0.3) is 0 Å². The summed E-state index contributed by atoms with van der Waals surface area (Å²) in [5.41, 5.74) is 0. The normalized spacial score (nSPS) is 17.8. The summed E-state index contributed by atoms with van der Waals surface area (Å²) in [7, 11) is 0. The van der Waals surface area contributed by atoms with Crippen LogP contribution in [0.5, 0.6) is 0 Å². The average Bonchev–Trinajstić information content (AvgIpc) is 2.59. The number of amides is 1. The van der Waals surface area contributed by atoms with Crippen molar-refractivity contribution in [2.24, 2.45) is 0 Å². The monoisotopic (exact) mass is 429 g/mol. The van der Waals surface area contributed by atoms with Crippen LogP contribution in [0, 0.1) is 0 Å². The molecule has 2 rings (SSSR count). The van der Waals surface area contributed by atoms with Crippen molar-refractivity contribution in [1.82, 2.24) is 4.90 Å². The molecule has 0 aromatic carbocycles. The van der Waals surface area contributed by atoms with Crippen molar-refractivity contribution in [2.75, 3.05) is 13.1 Å². The van der Waals surface area contributed by atoms with Crippen LogP contribution < -0.4 is 0 Å². The largest absolute Gasteiger partial charge is 0.338 e. The van der Waals surface area contributed by atoms with Gasteiger partial charge in [-0.2, -0.15) is 0 Å². The second-order valence-corrected chi connectivity index (χ2v) is 8.22. The molecule has 1 aliphatic rings. The highest BCUT2D eigenvalue weighted by atomic mass is 79.9. The fraction of sp³-hybridized carbons (Fsp3) is 0.500. The zero-order valence-corrected chi connectivity index (χ0v) is 14.0. The first kappa shape index (κ1) is 13.1. The number of hydrogen-bond acceptors (Lipinski definition) is 2. The van der Waals surface area contributed by atoms with Gasteiger partial charge in [-0.05, 0) is 50.8 Å². The Morgan fingerprint density at radius 1 is 1.38 bits per heavy atom. The van der Waals surface area contributed by atoms with E-state index in [9.17, 15) is 4.79 Å². The maximum Gasteiger partial charge on any atom is 0.264 e. The number of halogens is 3. The predicted molar refractivity (Wildman–Crippen MR) is 77.6 cm³/mol. The van der Waals surface area contributed by atoms with E-state index >= 15 is 0 Å². The van der Waals surface area contributed by atoms with E-state index in [1.165, 1.54) is 11.3 Å². The Hall–Kier alpha value is 0.610. The molecular weight excluding hydrogens is 422 g/mol. The molecule has 0 unspecified atom stereocenters. The Morgan fingerprint density at radius 3 is 2.50 bits per heavy atom. The first-order valence-corrected chi connectivity index (χ1v) is 8.28. The molecule has 1 fully saturated rings. The molecule has 0 saturated carbocycles. The molecular formula is C10H10Br3NOS. The Labute approximate surface area is 124 Å². The third kappa shape index (κ3) is 2.89. The van der Waals surface area contributed by atoms with E-state index < -0.39 is 0 Å². The summed E-state index contributed by atoms with van der Waals surface area (Å²) >= 11 is 11.9. The zero-order chi connectivity index (χ0) is 11.7. The van der Waals surface area contributed by atoms with Crippen LogP contribution in [0.3, 0.4) is 0 Å². The van der Waals surface area contributed by atoms with Gasteiger partial charge < -0.3 is 4.90 Å². The minimum atomic E-state index is 0.149. The minimum Gasteiger partial charge on any atom is -0.338 e. The summed E-state index contributed by atoms with van der Waals surface area (Å²) < 4.78 is 1.93. The van der Waals surface area contributed by atoms with Crippen LogP contribution in [0.1, 0.15) is 22.5 Å². The number of carbonyl (C=O) groups is 1. The van der Waals surface area contributed by atoms with Crippen LogP contribution in [0.15, 0.2) is 14.3 Å². The predicted octanol–water partition coefficient (Wildman–Crippen LogP) is 4.27. The second kappa shape index (κ2) is 5.50. The van der Waals surface area contributed by atoms with E-state index in [4.69, 9.17) is 0 Å². The molecule has 0 N–H and O–H groups in total. The van der Waals surface area contributed by atoms with Crippen molar-refractivity contribution < 1.29 is 4.79 Å². The van der Waals surface area contributed by atoms with Crippen molar-refractivity contribution in [3.63, 3.8) is 0 Å². The van der Waals surface area contributed by atoms with Gasteiger partial charge in [0.25, 0.3) is 5.91 Å². The Morgan fingerprint density at radius 2 is 2.00 bits per heavy atom. The highest BCUT2D eigenvalue weighted by Gasteiger charge is 2.23. The van der Waals surface area contributed by atoms with Gasteiger partial charge in [0, 0.05) is 22.4 Å². The third-order valence-corrected chi connectivity index (χ3v) is 6.73. The van der Waals surface area contributed by atoms with Crippen molar-refractivity contribution in [3.05, 3.63) is 19.2 Å². The molecule has 16 heavy (non-hydrogen) atoms. The van der Waals surface area contributed by atoms with Gasteiger partial charge in [0.05, 0.1) is 8.66 Å². The fourth-order valence-electron chi connectivity index (χ4n) is 1.66. The lowest BCUT2D eigenvalue weighted by Crippen LogP contribution is -2.38. The minimum absolute atomic E-state index is 0.149. The Kier molecular flexibility index (Phi) is 4.49. The topological polar surface area (TPSA) is 20.3 Å². The van der Waals surface area contributed by atoms with Crippen LogP contribution in [0.4, 0.5) is 0 Å². The van der Waals surface area contributed by atoms with Crippen LogP contribution in [-0.2, 0) is 0 Å². The lowest BCUT2D eigenvalue weighted by molar-refractivity contribution is 0.0733. The number of piperidine rings is 1. The lowest BCUT2D eigenvalue weighted by atomic mass is 10.1. The maximum absolute atomic E-state index is 12.2. The SMILES string of the molecule is O=C(c1cc(Br)c(Br)s1)N1CCC(Br)CC1. The molecule has 1 aromatic heterocycles. The molecule has 0 aliphatic carbocycles. The average molecular weight is 432 g/mol. The van der Waals surface area contributed by atoms with Crippen LogP contribution in [-0.4, -0.2) is 28.7 Å². The number of nitrogens with zero attached hydrogens (tertiary/aromatic N) is 1. The number of hydrogen-bond donors (Lipinski definition) is 0. The van der Waals surface area contributed by atoms with Gasteiger partial charge in [-0.1, -0.05) is 15.9 Å². The van der Waals surface area contributed by atoms with Gasteiger partial charge in [0.2, 0.25) is 0 Å². The number of rotatable bonds is 1. The van der Waals surface area contributed by atoms with E-state index in [1.807, 2.05) is 11.0 Å². The molecule has 0 radical (unpaired) electrons. The van der Waals surface area contributed by atoms with E-state index in [1.54, 1.807) is 0 Å². The summed E-state index contributed by atoms with van der Waals surface area (Å²) in [4.78, 5) is 15.5. The summed E-state index contributed by atoms with van der Waals surface area (Å²) in [6, 6.07) is 1.89. The van der Waals surface area contributed by atoms with E-state index in [2.05, 4.69) is 47.8 Å². The van der Waals surface area contributed by atoms with Crippen molar-refractivity contribution >= 4 is 65.0 Å². The number of likely N-dealkylation sites (tertiary alicyclic amines) is 1. The van der Waals surface area contributed by atoms with Gasteiger partial charge in [-0.3, -0.25) is 4.79 Å². The van der Waals surface area contributed by atoms with Gasteiger partial charge >= 0.3 is 0 Å². The number of carbonyl (C=O) groups excluding carboxylic acids is 1. The molecule has 1 aromatic rings. The quantitative estimate of drug-likeness (QED) is 0.608. The first-order valence-electron chi connectivity index (χ1n) is 4.96. The van der Waals surface area contributed by atoms with Gasteiger partial charge in [-0.25, -0.2) is 0 Å². The molecule has 2 heterocycles. The summed E-state index contributed by atoms with van der Waals surface area (Å²) in [5, 5.41) is 0. The van der Waals surface area contributed by atoms with Crippen molar-refractivity contribution in [3.8, 4) is 0 Å². The molecule has 1 saturated heterocycles. The van der Waals surface area contributed by atoms with E-state index in [0.717, 1.165) is 39.1 Å². The standard InChI is InChI=1S/C10H10Br3NOS/c11-6-1-3-14(4-2-6)10(15)8-5-7(12)9(13)16-8/h5-6H,1-4H2. The number of thiophene rings is 1. The van der Waals surface area contributed by atoms with Crippen LogP contribution in [0.2, 0.25) is 0 Å². The van der Waals surface area contributed by atoms with Gasteiger partial charge in [0.1, 0.15) is 0 Å². The van der Waals surface area contributed by atoms with Crippen molar-refractivity contribution in [1.29, 1.82) is 0 Å². The molecule has 88 valence electrons. The fourth-order valence-corrected chi connectivity index (χ4v) is 4.07. The maximum atomic E-state index is 12.2. The third-order valence-electron chi connectivity index (χ3n) is 2.57. The number of alkyl halides is 1. The summed E-state index contributed by atoms with van der Waals surface area (Å²) in [6.07, 6.45) is 2.08. The molecule has 1 aliphatic heterocycles. The first-order chi connectivity index (χ1) is 7.58. The van der Waals surface area contributed by atoms with E-state index in [-0.39, 0.29) is 5.91 Å². The summed E-state index contributed by atoms with van der Waals surface area (Å²) in [5.74, 6) is 0.149. The Bertz CT molecular complexity index is 379. The summed E-state index contributed by atoms with van der Waals surface area (Å²) in [6.45, 7) is 1.70. The second-order valence-electron chi connectivity index (χ2n) is 3.70. The van der Waals surface area contributed by atoms with Gasteiger partial charge in [-0.15, -0.1) is 11.3 Å². The van der Waals surface area contributed by atoms with Gasteiger partial charge in [0.15, 0.2) is 0 Å². The van der Waals surface area contributed by atoms with E-state index in [0.29, 0.717) is 4.83 Å². The lowest BCUT2D eigenvalue weighted by Gasteiger charge is -2.29. The molecule has 0 bridgehead atoms. The molecule has 1 amide bonds. The highest BCUT2D eigenvalue weighted by Crippen LogP contribution is 2.33. The van der Waals surface area contributed by atoms with Crippen molar-refractivity contribution in [2.45, 2.75) is 17.7 Å². The smallest absolute Gasteiger partial charge is 0.264 e. The molecule has 6 heteroatoms. The molecule has 2 nitrogen and oxygen atoms in total. The van der Waals surface area contributed by atoms with Crippen LogP contribution >= 0.6 is 59.1 Å². The zero-order valence-electron chi connectivity index (χ0n) is 8.38.